The first-order valence-electron chi connectivity index (χ1n) is 4.64. The van der Waals surface area contributed by atoms with Gasteiger partial charge in [0.1, 0.15) is 12.4 Å². The number of nitrogens with zero attached hydrogens (tertiary/aromatic N) is 1. The molecule has 0 spiro atoms. The molecule has 14 heavy (non-hydrogen) atoms. The fraction of sp³-hybridized carbons (Fsp3) is 0.364. The van der Waals surface area contributed by atoms with E-state index in [9.17, 15) is 4.39 Å². The number of aryl methyl sites for hydroxylation is 1. The van der Waals surface area contributed by atoms with Gasteiger partial charge in [0, 0.05) is 0 Å². The predicted octanol–water partition coefficient (Wildman–Crippen LogP) is 2.30. The lowest BCUT2D eigenvalue weighted by atomic mass is 10.1. The molecule has 3 heteroatoms. The van der Waals surface area contributed by atoms with Crippen molar-refractivity contribution in [2.45, 2.75) is 19.9 Å². The molecule has 1 unspecified atom stereocenters. The Morgan fingerprint density at radius 2 is 2.29 bits per heavy atom. The van der Waals surface area contributed by atoms with Crippen LogP contribution < -0.4 is 0 Å². The summed E-state index contributed by atoms with van der Waals surface area (Å²) in [6, 6.07) is 5.10. The van der Waals surface area contributed by atoms with E-state index in [4.69, 9.17) is 4.74 Å². The van der Waals surface area contributed by atoms with Crippen LogP contribution in [-0.4, -0.2) is 18.5 Å². The molecule has 1 aromatic carbocycles. The highest BCUT2D eigenvalue weighted by Gasteiger charge is 2.20. The van der Waals surface area contributed by atoms with E-state index < -0.39 is 0 Å². The third-order valence-electron chi connectivity index (χ3n) is 2.23. The van der Waals surface area contributed by atoms with Gasteiger partial charge in [0.2, 0.25) is 5.90 Å². The van der Waals surface area contributed by atoms with E-state index in [0.717, 1.165) is 5.56 Å². The Labute approximate surface area is 82.4 Å². The lowest BCUT2D eigenvalue weighted by molar-refractivity contribution is 0.323. The fourth-order valence-electron chi connectivity index (χ4n) is 1.51. The Morgan fingerprint density at radius 1 is 1.50 bits per heavy atom. The third kappa shape index (κ3) is 1.50. The number of ether oxygens (including phenoxy) is 1. The zero-order valence-electron chi connectivity index (χ0n) is 8.25. The molecule has 0 aliphatic carbocycles. The molecule has 0 amide bonds. The van der Waals surface area contributed by atoms with E-state index in [-0.39, 0.29) is 11.9 Å². The van der Waals surface area contributed by atoms with Gasteiger partial charge in [-0.3, -0.25) is 0 Å². The number of hydrogen-bond donors (Lipinski definition) is 0. The van der Waals surface area contributed by atoms with Gasteiger partial charge < -0.3 is 4.74 Å². The molecule has 1 aliphatic rings. The number of hydrogen-bond acceptors (Lipinski definition) is 2. The first kappa shape index (κ1) is 9.19. The molecule has 74 valence electrons. The Hall–Kier alpha value is -1.38. The molecule has 1 atom stereocenters. The van der Waals surface area contributed by atoms with Crippen LogP contribution in [0.3, 0.4) is 0 Å². The first-order valence-corrected chi connectivity index (χ1v) is 4.64. The molecule has 2 nitrogen and oxygen atoms in total. The second-order valence-corrected chi connectivity index (χ2v) is 3.53. The van der Waals surface area contributed by atoms with Gasteiger partial charge in [0.15, 0.2) is 0 Å². The van der Waals surface area contributed by atoms with Gasteiger partial charge in [-0.2, -0.15) is 0 Å². The lowest BCUT2D eigenvalue weighted by Crippen LogP contribution is -2.06. The van der Waals surface area contributed by atoms with E-state index in [1.54, 1.807) is 6.07 Å². The van der Waals surface area contributed by atoms with Crippen molar-refractivity contribution in [3.63, 3.8) is 0 Å². The van der Waals surface area contributed by atoms with Crippen LogP contribution >= 0.6 is 0 Å². The molecule has 0 saturated heterocycles. The second kappa shape index (κ2) is 3.40. The lowest BCUT2D eigenvalue weighted by Gasteiger charge is -2.05. The molecule has 1 heterocycles. The Morgan fingerprint density at radius 3 is 2.86 bits per heavy atom. The van der Waals surface area contributed by atoms with Crippen molar-refractivity contribution in [3.8, 4) is 0 Å². The van der Waals surface area contributed by atoms with E-state index in [2.05, 4.69) is 4.99 Å². The summed E-state index contributed by atoms with van der Waals surface area (Å²) in [5, 5.41) is 0. The summed E-state index contributed by atoms with van der Waals surface area (Å²) >= 11 is 0. The minimum absolute atomic E-state index is 0.129. The molecule has 0 saturated carbocycles. The molecular formula is C11H12FNO. The monoisotopic (exact) mass is 193 g/mol. The average molecular weight is 193 g/mol. The molecule has 1 aliphatic heterocycles. The van der Waals surface area contributed by atoms with Crippen LogP contribution in [-0.2, 0) is 4.74 Å². The second-order valence-electron chi connectivity index (χ2n) is 3.53. The van der Waals surface area contributed by atoms with Crippen LogP contribution in [0.5, 0.6) is 0 Å². The summed E-state index contributed by atoms with van der Waals surface area (Å²) in [6.07, 6.45) is 0. The van der Waals surface area contributed by atoms with Gasteiger partial charge in [-0.15, -0.1) is 0 Å². The maximum absolute atomic E-state index is 13.5. The summed E-state index contributed by atoms with van der Waals surface area (Å²) in [7, 11) is 0. The summed E-state index contributed by atoms with van der Waals surface area (Å²) in [4.78, 5) is 4.23. The van der Waals surface area contributed by atoms with E-state index in [1.807, 2.05) is 19.9 Å². The molecule has 0 radical (unpaired) electrons. The van der Waals surface area contributed by atoms with Crippen molar-refractivity contribution in [1.29, 1.82) is 0 Å². The predicted molar refractivity (Wildman–Crippen MR) is 53.1 cm³/mol. The molecule has 1 aromatic rings. The standard InChI is InChI=1S/C11H12FNO/c1-7-4-3-5-9(12)10(7)11-13-8(2)6-14-11/h3-5,8H,6H2,1-2H3. The van der Waals surface area contributed by atoms with Crippen molar-refractivity contribution in [1.82, 2.24) is 0 Å². The Kier molecular flexibility index (Phi) is 2.23. The highest BCUT2D eigenvalue weighted by molar-refractivity contribution is 5.96. The van der Waals surface area contributed by atoms with Crippen molar-refractivity contribution in [3.05, 3.63) is 35.1 Å². The zero-order valence-corrected chi connectivity index (χ0v) is 8.25. The van der Waals surface area contributed by atoms with Gasteiger partial charge in [0.25, 0.3) is 0 Å². The van der Waals surface area contributed by atoms with E-state index >= 15 is 0 Å². The zero-order chi connectivity index (χ0) is 10.1. The highest BCUT2D eigenvalue weighted by atomic mass is 19.1. The van der Waals surface area contributed by atoms with Gasteiger partial charge in [-0.1, -0.05) is 12.1 Å². The minimum Gasteiger partial charge on any atom is -0.475 e. The van der Waals surface area contributed by atoms with Gasteiger partial charge in [-0.05, 0) is 25.5 Å². The van der Waals surface area contributed by atoms with Crippen molar-refractivity contribution >= 4 is 5.90 Å². The number of aliphatic imine (C=N–C) groups is 1. The molecule has 2 rings (SSSR count). The summed E-state index contributed by atoms with van der Waals surface area (Å²) in [5.74, 6) is 0.172. The van der Waals surface area contributed by atoms with E-state index in [1.165, 1.54) is 6.07 Å². The van der Waals surface area contributed by atoms with Crippen LogP contribution in [0.2, 0.25) is 0 Å². The summed E-state index contributed by atoms with van der Waals surface area (Å²) in [5.41, 5.74) is 1.36. The quantitative estimate of drug-likeness (QED) is 0.670. The maximum atomic E-state index is 13.5. The van der Waals surface area contributed by atoms with E-state index in [0.29, 0.717) is 18.1 Å². The van der Waals surface area contributed by atoms with Gasteiger partial charge in [0.05, 0.1) is 11.6 Å². The molecular weight excluding hydrogens is 181 g/mol. The molecule has 0 aromatic heterocycles. The van der Waals surface area contributed by atoms with Crippen molar-refractivity contribution in [2.24, 2.45) is 4.99 Å². The molecule has 0 bridgehead atoms. The Bertz CT molecular complexity index is 367. The van der Waals surface area contributed by atoms with Crippen molar-refractivity contribution in [2.75, 3.05) is 6.61 Å². The summed E-state index contributed by atoms with van der Waals surface area (Å²) < 4.78 is 18.8. The number of benzene rings is 1. The average Bonchev–Trinajstić information content (AvgIpc) is 2.51. The van der Waals surface area contributed by atoms with Crippen LogP contribution in [0.4, 0.5) is 4.39 Å². The molecule has 0 N–H and O–H groups in total. The SMILES string of the molecule is Cc1cccc(F)c1C1=NC(C)CO1. The third-order valence-corrected chi connectivity index (χ3v) is 2.23. The van der Waals surface area contributed by atoms with Crippen LogP contribution in [0.25, 0.3) is 0 Å². The highest BCUT2D eigenvalue weighted by Crippen LogP contribution is 2.18. The maximum Gasteiger partial charge on any atom is 0.219 e. The Balaban J connectivity index is 2.46. The molecule has 0 fully saturated rings. The fourth-order valence-corrected chi connectivity index (χ4v) is 1.51. The van der Waals surface area contributed by atoms with Gasteiger partial charge >= 0.3 is 0 Å². The largest absolute Gasteiger partial charge is 0.475 e. The smallest absolute Gasteiger partial charge is 0.219 e. The topological polar surface area (TPSA) is 21.6 Å². The van der Waals surface area contributed by atoms with Crippen LogP contribution in [0.1, 0.15) is 18.1 Å². The van der Waals surface area contributed by atoms with Crippen LogP contribution in [0, 0.1) is 12.7 Å². The minimum atomic E-state index is -0.266. The normalized spacial score (nSPS) is 20.5. The van der Waals surface area contributed by atoms with Crippen LogP contribution in [0.15, 0.2) is 23.2 Å². The summed E-state index contributed by atoms with van der Waals surface area (Å²) in [6.45, 7) is 4.35. The first-order chi connectivity index (χ1) is 6.68. The van der Waals surface area contributed by atoms with Gasteiger partial charge in [-0.25, -0.2) is 9.38 Å². The van der Waals surface area contributed by atoms with Crippen molar-refractivity contribution < 1.29 is 9.13 Å². The number of rotatable bonds is 1. The number of halogens is 1.